The van der Waals surface area contributed by atoms with Crippen molar-refractivity contribution >= 4 is 28.9 Å². The maximum absolute atomic E-state index is 12.4. The van der Waals surface area contributed by atoms with Crippen molar-refractivity contribution in [3.63, 3.8) is 0 Å². The summed E-state index contributed by atoms with van der Waals surface area (Å²) in [7, 11) is 0. The molecule has 2 N–H and O–H groups in total. The van der Waals surface area contributed by atoms with Gasteiger partial charge in [-0.05, 0) is 61.6 Å². The van der Waals surface area contributed by atoms with Gasteiger partial charge >= 0.3 is 0 Å². The Bertz CT molecular complexity index is 865. The summed E-state index contributed by atoms with van der Waals surface area (Å²) in [4.78, 5) is 27.1. The molecule has 156 valence electrons. The van der Waals surface area contributed by atoms with Crippen molar-refractivity contribution in [2.24, 2.45) is 0 Å². The number of nitrogens with zero attached hydrogens (tertiary/aromatic N) is 1. The third-order valence-corrected chi connectivity index (χ3v) is 4.94. The quantitative estimate of drug-likeness (QED) is 0.641. The molecule has 0 fully saturated rings. The van der Waals surface area contributed by atoms with Gasteiger partial charge in [-0.25, -0.2) is 0 Å². The molecule has 2 aromatic rings. The van der Waals surface area contributed by atoms with Gasteiger partial charge in [0.2, 0.25) is 11.8 Å². The molecule has 0 aromatic heterocycles. The van der Waals surface area contributed by atoms with Crippen molar-refractivity contribution in [3.8, 4) is 0 Å². The van der Waals surface area contributed by atoms with Gasteiger partial charge in [0.25, 0.3) is 0 Å². The first-order valence-corrected chi connectivity index (χ1v) is 10.2. The number of amides is 2. The van der Waals surface area contributed by atoms with E-state index in [0.29, 0.717) is 0 Å². The molecule has 0 unspecified atom stereocenters. The summed E-state index contributed by atoms with van der Waals surface area (Å²) in [6.45, 7) is 14.3. The lowest BCUT2D eigenvalue weighted by molar-refractivity contribution is -0.123. The van der Waals surface area contributed by atoms with Crippen LogP contribution < -0.4 is 15.5 Å². The molecular formula is C24H33N3O2. The molecule has 0 saturated carbocycles. The van der Waals surface area contributed by atoms with Crippen LogP contribution in [0.1, 0.15) is 52.2 Å². The van der Waals surface area contributed by atoms with Crippen molar-refractivity contribution in [1.29, 1.82) is 0 Å². The van der Waals surface area contributed by atoms with Gasteiger partial charge in [-0.2, -0.15) is 0 Å². The second-order valence-electron chi connectivity index (χ2n) is 8.24. The lowest BCUT2D eigenvalue weighted by Crippen LogP contribution is -2.24. The Kier molecular flexibility index (Phi) is 7.43. The number of nitrogens with one attached hydrogen (secondary N) is 2. The molecule has 2 aromatic carbocycles. The first-order valence-electron chi connectivity index (χ1n) is 10.2. The standard InChI is InChI=1S/C24H33N3O2/c1-7-27(8-2)18-13-14-20(17(3)15-18)25-22(28)16-23(29)26-21-12-10-9-11-19(21)24(4,5)6/h9-15H,7-8,16H2,1-6H3,(H,25,28)(H,26,29). The Hall–Kier alpha value is -2.82. The van der Waals surface area contributed by atoms with E-state index in [2.05, 4.69) is 56.2 Å². The van der Waals surface area contributed by atoms with E-state index in [0.717, 1.165) is 41.3 Å². The molecule has 0 bridgehead atoms. The minimum Gasteiger partial charge on any atom is -0.372 e. The molecule has 0 saturated heterocycles. The van der Waals surface area contributed by atoms with E-state index < -0.39 is 0 Å². The molecule has 29 heavy (non-hydrogen) atoms. The summed E-state index contributed by atoms with van der Waals surface area (Å²) in [5, 5.41) is 5.74. The zero-order valence-corrected chi connectivity index (χ0v) is 18.4. The van der Waals surface area contributed by atoms with Crippen LogP contribution in [0.15, 0.2) is 42.5 Å². The third-order valence-electron chi connectivity index (χ3n) is 4.94. The molecule has 0 aliphatic heterocycles. The molecular weight excluding hydrogens is 362 g/mol. The number of carbonyl (C=O) groups is 2. The van der Waals surface area contributed by atoms with Crippen molar-refractivity contribution in [2.45, 2.75) is 53.4 Å². The summed E-state index contributed by atoms with van der Waals surface area (Å²) in [5.41, 5.74) is 4.52. The fourth-order valence-electron chi connectivity index (χ4n) is 3.35. The zero-order chi connectivity index (χ0) is 21.6. The van der Waals surface area contributed by atoms with Crippen LogP contribution in [0.2, 0.25) is 0 Å². The highest BCUT2D eigenvalue weighted by molar-refractivity contribution is 6.08. The fourth-order valence-corrected chi connectivity index (χ4v) is 3.35. The average Bonchev–Trinajstić information content (AvgIpc) is 2.64. The van der Waals surface area contributed by atoms with Crippen molar-refractivity contribution in [2.75, 3.05) is 28.6 Å². The number of rotatable bonds is 7. The second-order valence-corrected chi connectivity index (χ2v) is 8.24. The van der Waals surface area contributed by atoms with Crippen LogP contribution in [0.5, 0.6) is 0 Å². The second kappa shape index (κ2) is 9.59. The van der Waals surface area contributed by atoms with E-state index in [1.807, 2.05) is 43.3 Å². The highest BCUT2D eigenvalue weighted by atomic mass is 16.2. The smallest absolute Gasteiger partial charge is 0.233 e. The van der Waals surface area contributed by atoms with Gasteiger partial charge in [-0.1, -0.05) is 39.0 Å². The van der Waals surface area contributed by atoms with Gasteiger partial charge in [0, 0.05) is 30.2 Å². The van der Waals surface area contributed by atoms with E-state index in [1.54, 1.807) is 0 Å². The summed E-state index contributed by atoms with van der Waals surface area (Å²) >= 11 is 0. The number of carbonyl (C=O) groups excluding carboxylic acids is 2. The van der Waals surface area contributed by atoms with Crippen molar-refractivity contribution in [1.82, 2.24) is 0 Å². The van der Waals surface area contributed by atoms with Crippen LogP contribution in [0.3, 0.4) is 0 Å². The summed E-state index contributed by atoms with van der Waals surface area (Å²) in [6, 6.07) is 13.6. The Morgan fingerprint density at radius 2 is 1.48 bits per heavy atom. The summed E-state index contributed by atoms with van der Waals surface area (Å²) in [6.07, 6.45) is -0.226. The third kappa shape index (κ3) is 6.08. The predicted molar refractivity (Wildman–Crippen MR) is 122 cm³/mol. The van der Waals surface area contributed by atoms with Gasteiger partial charge < -0.3 is 15.5 Å². The molecule has 2 rings (SSSR count). The predicted octanol–water partition coefficient (Wildman–Crippen LogP) is 5.11. The Labute approximate surface area is 174 Å². The molecule has 0 aliphatic carbocycles. The summed E-state index contributed by atoms with van der Waals surface area (Å²) < 4.78 is 0. The lowest BCUT2D eigenvalue weighted by Gasteiger charge is -2.23. The number of anilines is 3. The van der Waals surface area contributed by atoms with E-state index in [9.17, 15) is 9.59 Å². The van der Waals surface area contributed by atoms with E-state index in [4.69, 9.17) is 0 Å². The molecule has 0 radical (unpaired) electrons. The molecule has 0 atom stereocenters. The molecule has 0 aliphatic rings. The number of hydrogen-bond donors (Lipinski definition) is 2. The number of aryl methyl sites for hydroxylation is 1. The van der Waals surface area contributed by atoms with E-state index in [1.165, 1.54) is 0 Å². The first kappa shape index (κ1) is 22.5. The number of para-hydroxylation sites is 1. The minimum absolute atomic E-state index is 0.101. The maximum atomic E-state index is 12.4. The molecule has 0 spiro atoms. The Balaban J connectivity index is 2.02. The Morgan fingerprint density at radius 3 is 2.03 bits per heavy atom. The van der Waals surface area contributed by atoms with Crippen LogP contribution in [0.4, 0.5) is 17.1 Å². The highest BCUT2D eigenvalue weighted by Gasteiger charge is 2.19. The molecule has 5 heteroatoms. The maximum Gasteiger partial charge on any atom is 0.233 e. The van der Waals surface area contributed by atoms with Crippen molar-refractivity contribution < 1.29 is 9.59 Å². The number of hydrogen-bond acceptors (Lipinski definition) is 3. The Morgan fingerprint density at radius 1 is 0.897 bits per heavy atom. The van der Waals surface area contributed by atoms with E-state index in [-0.39, 0.29) is 23.7 Å². The topological polar surface area (TPSA) is 61.4 Å². The monoisotopic (exact) mass is 395 g/mol. The van der Waals surface area contributed by atoms with Crippen LogP contribution in [0, 0.1) is 6.92 Å². The van der Waals surface area contributed by atoms with Crippen LogP contribution in [0.25, 0.3) is 0 Å². The molecule has 5 nitrogen and oxygen atoms in total. The zero-order valence-electron chi connectivity index (χ0n) is 18.4. The largest absolute Gasteiger partial charge is 0.372 e. The SMILES string of the molecule is CCN(CC)c1ccc(NC(=O)CC(=O)Nc2ccccc2C(C)(C)C)c(C)c1. The minimum atomic E-state index is -0.325. The van der Waals surface area contributed by atoms with Crippen molar-refractivity contribution in [3.05, 3.63) is 53.6 Å². The van der Waals surface area contributed by atoms with Gasteiger partial charge in [-0.15, -0.1) is 0 Å². The summed E-state index contributed by atoms with van der Waals surface area (Å²) in [5.74, 6) is -0.647. The normalized spacial score (nSPS) is 11.1. The average molecular weight is 396 g/mol. The van der Waals surface area contributed by atoms with Gasteiger partial charge in [0.15, 0.2) is 0 Å². The highest BCUT2D eigenvalue weighted by Crippen LogP contribution is 2.29. The first-order chi connectivity index (χ1) is 13.7. The van der Waals surface area contributed by atoms with Gasteiger partial charge in [-0.3, -0.25) is 9.59 Å². The molecule has 2 amide bonds. The molecule has 0 heterocycles. The van der Waals surface area contributed by atoms with Crippen LogP contribution >= 0.6 is 0 Å². The fraction of sp³-hybridized carbons (Fsp3) is 0.417. The van der Waals surface area contributed by atoms with Crippen LogP contribution in [-0.2, 0) is 15.0 Å². The van der Waals surface area contributed by atoms with Gasteiger partial charge in [0.05, 0.1) is 0 Å². The van der Waals surface area contributed by atoms with Crippen LogP contribution in [-0.4, -0.2) is 24.9 Å². The lowest BCUT2D eigenvalue weighted by atomic mass is 9.86. The number of benzene rings is 2. The van der Waals surface area contributed by atoms with E-state index >= 15 is 0 Å². The van der Waals surface area contributed by atoms with Gasteiger partial charge in [0.1, 0.15) is 6.42 Å².